The minimum atomic E-state index is -0.451. The standard InChI is InChI=1S/C17H23BO4/c1-6-20-15(19)12-11-13-9-7-8-10-14(13)18-21-16(2,3)17(4,5)22-18/h7-12H,6H2,1-5H3. The smallest absolute Gasteiger partial charge is 0.463 e. The van der Waals surface area contributed by atoms with Crippen molar-refractivity contribution < 1.29 is 18.8 Å². The predicted octanol–water partition coefficient (Wildman–Crippen LogP) is 2.56. The van der Waals surface area contributed by atoms with Gasteiger partial charge in [0.05, 0.1) is 17.8 Å². The van der Waals surface area contributed by atoms with Gasteiger partial charge < -0.3 is 14.0 Å². The van der Waals surface area contributed by atoms with Crippen molar-refractivity contribution in [3.8, 4) is 0 Å². The topological polar surface area (TPSA) is 44.8 Å². The average Bonchev–Trinajstić information content (AvgIpc) is 2.66. The first-order valence-corrected chi connectivity index (χ1v) is 7.56. The lowest BCUT2D eigenvalue weighted by atomic mass is 9.76. The summed E-state index contributed by atoms with van der Waals surface area (Å²) in [5.41, 5.74) is 1.00. The highest BCUT2D eigenvalue weighted by Gasteiger charge is 2.52. The molecule has 0 spiro atoms. The van der Waals surface area contributed by atoms with E-state index in [0.717, 1.165) is 11.0 Å². The maximum atomic E-state index is 11.5. The molecule has 0 radical (unpaired) electrons. The van der Waals surface area contributed by atoms with Crippen molar-refractivity contribution >= 4 is 24.6 Å². The van der Waals surface area contributed by atoms with Gasteiger partial charge in [0, 0.05) is 6.08 Å². The second-order valence-electron chi connectivity index (χ2n) is 6.30. The quantitative estimate of drug-likeness (QED) is 0.487. The molecule has 1 aromatic carbocycles. The van der Waals surface area contributed by atoms with Gasteiger partial charge in [-0.3, -0.25) is 0 Å². The van der Waals surface area contributed by atoms with Gasteiger partial charge in [0.2, 0.25) is 0 Å². The van der Waals surface area contributed by atoms with Crippen LogP contribution in [0.2, 0.25) is 0 Å². The SMILES string of the molecule is CCOC(=O)C=Cc1ccccc1B1OC(C)(C)C(C)(C)O1. The van der Waals surface area contributed by atoms with Gasteiger partial charge in [-0.15, -0.1) is 0 Å². The molecular weight excluding hydrogens is 279 g/mol. The highest BCUT2D eigenvalue weighted by molar-refractivity contribution is 6.63. The van der Waals surface area contributed by atoms with E-state index in [9.17, 15) is 4.79 Å². The van der Waals surface area contributed by atoms with Gasteiger partial charge in [-0.25, -0.2) is 4.79 Å². The van der Waals surface area contributed by atoms with Crippen LogP contribution < -0.4 is 5.46 Å². The minimum absolute atomic E-state index is 0.355. The normalized spacial score (nSPS) is 19.6. The number of benzene rings is 1. The summed E-state index contributed by atoms with van der Waals surface area (Å²) in [5, 5.41) is 0. The Kier molecular flexibility index (Phi) is 4.78. The molecule has 1 aliphatic rings. The molecule has 0 atom stereocenters. The number of rotatable bonds is 4. The number of hydrogen-bond donors (Lipinski definition) is 0. The summed E-state index contributed by atoms with van der Waals surface area (Å²) < 4.78 is 17.1. The van der Waals surface area contributed by atoms with Crippen LogP contribution in [0.5, 0.6) is 0 Å². The van der Waals surface area contributed by atoms with Gasteiger partial charge in [0.25, 0.3) is 0 Å². The summed E-state index contributed by atoms with van der Waals surface area (Å²) >= 11 is 0. The predicted molar refractivity (Wildman–Crippen MR) is 87.8 cm³/mol. The number of carbonyl (C=O) groups is 1. The molecular formula is C17H23BO4. The molecule has 1 fully saturated rings. The molecule has 0 aliphatic carbocycles. The number of carbonyl (C=O) groups excluding carboxylic acids is 1. The molecule has 118 valence electrons. The third kappa shape index (κ3) is 3.42. The lowest BCUT2D eigenvalue weighted by molar-refractivity contribution is -0.137. The van der Waals surface area contributed by atoms with Crippen molar-refractivity contribution in [2.45, 2.75) is 45.8 Å². The fourth-order valence-corrected chi connectivity index (χ4v) is 2.20. The average molecular weight is 302 g/mol. The summed E-state index contributed by atoms with van der Waals surface area (Å²) in [5.74, 6) is -0.355. The first-order valence-electron chi connectivity index (χ1n) is 7.56. The van der Waals surface area contributed by atoms with E-state index in [-0.39, 0.29) is 5.97 Å². The van der Waals surface area contributed by atoms with Crippen LogP contribution in [0.15, 0.2) is 30.3 Å². The largest absolute Gasteiger partial charge is 0.495 e. The van der Waals surface area contributed by atoms with Crippen LogP contribution in [0.1, 0.15) is 40.2 Å². The Morgan fingerprint density at radius 3 is 2.36 bits per heavy atom. The Balaban J connectivity index is 2.25. The van der Waals surface area contributed by atoms with E-state index in [0.29, 0.717) is 6.61 Å². The van der Waals surface area contributed by atoms with Gasteiger partial charge in [0.1, 0.15) is 0 Å². The Bertz CT molecular complexity index is 562. The Morgan fingerprint density at radius 1 is 1.18 bits per heavy atom. The van der Waals surface area contributed by atoms with E-state index in [2.05, 4.69) is 0 Å². The van der Waals surface area contributed by atoms with E-state index in [1.54, 1.807) is 13.0 Å². The third-order valence-electron chi connectivity index (χ3n) is 4.19. The van der Waals surface area contributed by atoms with Crippen molar-refractivity contribution in [3.63, 3.8) is 0 Å². The van der Waals surface area contributed by atoms with Crippen molar-refractivity contribution in [2.75, 3.05) is 6.61 Å². The fraction of sp³-hybridized carbons (Fsp3) is 0.471. The fourth-order valence-electron chi connectivity index (χ4n) is 2.20. The Morgan fingerprint density at radius 2 is 1.77 bits per heavy atom. The molecule has 1 heterocycles. The number of hydrogen-bond acceptors (Lipinski definition) is 4. The van der Waals surface area contributed by atoms with Crippen LogP contribution in [0.3, 0.4) is 0 Å². The highest BCUT2D eigenvalue weighted by atomic mass is 16.7. The van der Waals surface area contributed by atoms with Crippen molar-refractivity contribution in [2.24, 2.45) is 0 Å². The molecule has 22 heavy (non-hydrogen) atoms. The lowest BCUT2D eigenvalue weighted by Gasteiger charge is -2.32. The molecule has 0 saturated carbocycles. The molecule has 1 saturated heterocycles. The van der Waals surface area contributed by atoms with Crippen LogP contribution >= 0.6 is 0 Å². The number of ether oxygens (including phenoxy) is 1. The maximum Gasteiger partial charge on any atom is 0.495 e. The summed E-state index contributed by atoms with van der Waals surface area (Å²) in [6.07, 6.45) is 3.16. The van der Waals surface area contributed by atoms with Gasteiger partial charge >= 0.3 is 13.1 Å². The maximum absolute atomic E-state index is 11.5. The minimum Gasteiger partial charge on any atom is -0.463 e. The van der Waals surface area contributed by atoms with Gasteiger partial charge in [0.15, 0.2) is 0 Å². The Hall–Kier alpha value is -1.59. The van der Waals surface area contributed by atoms with E-state index < -0.39 is 18.3 Å². The molecule has 2 rings (SSSR count). The van der Waals surface area contributed by atoms with Gasteiger partial charge in [-0.1, -0.05) is 24.3 Å². The molecule has 0 unspecified atom stereocenters. The van der Waals surface area contributed by atoms with E-state index >= 15 is 0 Å². The van der Waals surface area contributed by atoms with Crippen LogP contribution in [0, 0.1) is 0 Å². The zero-order valence-corrected chi connectivity index (χ0v) is 13.9. The van der Waals surface area contributed by atoms with Crippen LogP contribution in [0.4, 0.5) is 0 Å². The van der Waals surface area contributed by atoms with Gasteiger partial charge in [-0.05, 0) is 51.7 Å². The van der Waals surface area contributed by atoms with Crippen LogP contribution in [0.25, 0.3) is 6.08 Å². The van der Waals surface area contributed by atoms with E-state index in [1.165, 1.54) is 6.08 Å². The summed E-state index contributed by atoms with van der Waals surface area (Å²) in [7, 11) is -0.451. The van der Waals surface area contributed by atoms with Gasteiger partial charge in [-0.2, -0.15) is 0 Å². The molecule has 0 aromatic heterocycles. The first-order chi connectivity index (χ1) is 10.3. The summed E-state index contributed by atoms with van der Waals surface area (Å²) in [4.78, 5) is 11.5. The zero-order chi connectivity index (χ0) is 16.4. The molecule has 5 heteroatoms. The highest BCUT2D eigenvalue weighted by Crippen LogP contribution is 2.36. The molecule has 1 aliphatic heterocycles. The van der Waals surface area contributed by atoms with Crippen molar-refractivity contribution in [3.05, 3.63) is 35.9 Å². The molecule has 0 bridgehead atoms. The van der Waals surface area contributed by atoms with E-state index in [1.807, 2.05) is 52.0 Å². The third-order valence-corrected chi connectivity index (χ3v) is 4.19. The van der Waals surface area contributed by atoms with Crippen LogP contribution in [-0.2, 0) is 18.8 Å². The van der Waals surface area contributed by atoms with E-state index in [4.69, 9.17) is 14.0 Å². The summed E-state index contributed by atoms with van der Waals surface area (Å²) in [6, 6.07) is 7.73. The first kappa shape index (κ1) is 16.8. The molecule has 0 N–H and O–H groups in total. The zero-order valence-electron chi connectivity index (χ0n) is 13.9. The van der Waals surface area contributed by atoms with Crippen molar-refractivity contribution in [1.82, 2.24) is 0 Å². The number of esters is 1. The Labute approximate surface area is 132 Å². The van der Waals surface area contributed by atoms with Crippen LogP contribution in [-0.4, -0.2) is 30.9 Å². The second kappa shape index (κ2) is 6.27. The van der Waals surface area contributed by atoms with Crippen molar-refractivity contribution in [1.29, 1.82) is 0 Å². The molecule has 4 nitrogen and oxygen atoms in total. The molecule has 1 aromatic rings. The second-order valence-corrected chi connectivity index (χ2v) is 6.30. The summed E-state index contributed by atoms with van der Waals surface area (Å²) in [6.45, 7) is 10.2. The lowest BCUT2D eigenvalue weighted by Crippen LogP contribution is -2.41. The monoisotopic (exact) mass is 302 g/mol. The molecule has 0 amide bonds.